The number of benzene rings is 1. The number of carbonyl (C=O) groups excluding carboxylic acids is 1. The second-order valence-electron chi connectivity index (χ2n) is 5.03. The zero-order chi connectivity index (χ0) is 18.0. The second-order valence-corrected chi connectivity index (χ2v) is 5.75. The van der Waals surface area contributed by atoms with Gasteiger partial charge < -0.3 is 15.4 Å². The molecular formula is C15H12ClN5O3S. The Labute approximate surface area is 152 Å². The quantitative estimate of drug-likeness (QED) is 0.612. The maximum atomic E-state index is 12.3. The van der Waals surface area contributed by atoms with Gasteiger partial charge in [0.2, 0.25) is 5.88 Å². The Hall–Kier alpha value is -2.65. The Balaban J connectivity index is 1.86. The van der Waals surface area contributed by atoms with Crippen molar-refractivity contribution >= 4 is 41.5 Å². The van der Waals surface area contributed by atoms with Crippen molar-refractivity contribution in [2.75, 3.05) is 11.9 Å². The Morgan fingerprint density at radius 1 is 1.44 bits per heavy atom. The van der Waals surface area contributed by atoms with Gasteiger partial charge in [0, 0.05) is 11.3 Å². The summed E-state index contributed by atoms with van der Waals surface area (Å²) in [5.74, 6) is -1.23. The van der Waals surface area contributed by atoms with E-state index in [9.17, 15) is 14.7 Å². The van der Waals surface area contributed by atoms with E-state index in [2.05, 4.69) is 38.1 Å². The minimum Gasteiger partial charge on any atom is -0.493 e. The zero-order valence-corrected chi connectivity index (χ0v) is 14.3. The highest BCUT2D eigenvalue weighted by Gasteiger charge is 2.20. The second kappa shape index (κ2) is 7.08. The molecule has 0 saturated heterocycles. The molecule has 1 aromatic heterocycles. The van der Waals surface area contributed by atoms with E-state index in [1.54, 1.807) is 18.2 Å². The monoisotopic (exact) mass is 377 g/mol. The molecule has 1 aromatic carbocycles. The molecule has 2 heterocycles. The lowest BCUT2D eigenvalue weighted by atomic mass is 10.1. The van der Waals surface area contributed by atoms with Gasteiger partial charge in [0.05, 0.1) is 23.0 Å². The molecule has 0 aliphatic carbocycles. The lowest BCUT2D eigenvalue weighted by Gasteiger charge is -2.09. The van der Waals surface area contributed by atoms with Gasteiger partial charge in [-0.1, -0.05) is 17.7 Å². The van der Waals surface area contributed by atoms with Crippen LogP contribution in [-0.4, -0.2) is 27.5 Å². The predicted molar refractivity (Wildman–Crippen MR) is 96.3 cm³/mol. The van der Waals surface area contributed by atoms with Gasteiger partial charge >= 0.3 is 0 Å². The van der Waals surface area contributed by atoms with E-state index in [4.69, 9.17) is 11.6 Å². The third-order valence-corrected chi connectivity index (χ3v) is 4.00. The number of anilines is 1. The highest BCUT2D eigenvalue weighted by molar-refractivity contribution is 7.79. The lowest BCUT2D eigenvalue weighted by Crippen LogP contribution is -2.25. The first kappa shape index (κ1) is 17.2. The lowest BCUT2D eigenvalue weighted by molar-refractivity contribution is 0.102. The number of nitrogens with zero attached hydrogens (tertiary/aromatic N) is 3. The third kappa shape index (κ3) is 3.57. The van der Waals surface area contributed by atoms with E-state index in [0.717, 1.165) is 5.56 Å². The molecule has 2 aromatic rings. The van der Waals surface area contributed by atoms with Gasteiger partial charge in [-0.2, -0.15) is 27.8 Å². The molecule has 3 N–H and O–H groups in total. The number of aromatic hydroxyl groups is 1. The van der Waals surface area contributed by atoms with Crippen molar-refractivity contribution in [1.29, 1.82) is 0 Å². The molecule has 0 radical (unpaired) electrons. The minimum atomic E-state index is -0.827. The number of nitrogens with one attached hydrogen (secondary N) is 2. The Morgan fingerprint density at radius 2 is 2.24 bits per heavy atom. The van der Waals surface area contributed by atoms with Crippen LogP contribution < -0.4 is 10.9 Å². The number of H-pyrrole nitrogens is 1. The molecule has 1 aliphatic rings. The van der Waals surface area contributed by atoms with Gasteiger partial charge in [0.15, 0.2) is 5.56 Å². The molecular weight excluding hydrogens is 366 g/mol. The van der Waals surface area contributed by atoms with E-state index >= 15 is 0 Å². The van der Waals surface area contributed by atoms with Crippen LogP contribution in [0.25, 0.3) is 5.70 Å². The molecule has 1 aliphatic heterocycles. The summed E-state index contributed by atoms with van der Waals surface area (Å²) in [6, 6.07) is 4.91. The van der Waals surface area contributed by atoms with Crippen molar-refractivity contribution in [3.63, 3.8) is 0 Å². The molecule has 0 unspecified atom stereocenters. The first-order valence-electron chi connectivity index (χ1n) is 7.11. The van der Waals surface area contributed by atoms with Gasteiger partial charge in [0.25, 0.3) is 11.5 Å². The predicted octanol–water partition coefficient (Wildman–Crippen LogP) is 2.62. The minimum absolute atomic E-state index is 0.116. The van der Waals surface area contributed by atoms with Crippen LogP contribution >= 0.6 is 24.2 Å². The number of rotatable bonds is 4. The molecule has 3 rings (SSSR count). The van der Waals surface area contributed by atoms with Gasteiger partial charge in [0.1, 0.15) is 5.82 Å². The van der Waals surface area contributed by atoms with Crippen molar-refractivity contribution in [3.05, 3.63) is 56.6 Å². The number of hydrogen-bond donors (Lipinski definition) is 4. The van der Waals surface area contributed by atoms with Crippen LogP contribution in [0.4, 0.5) is 5.69 Å². The van der Waals surface area contributed by atoms with Gasteiger partial charge in [-0.3, -0.25) is 9.59 Å². The maximum Gasteiger partial charge on any atom is 0.267 e. The number of hydrogen-bond acceptors (Lipinski definition) is 7. The average Bonchev–Trinajstić information content (AvgIpc) is 3.10. The largest absolute Gasteiger partial charge is 0.493 e. The van der Waals surface area contributed by atoms with E-state index in [1.807, 2.05) is 6.08 Å². The first-order valence-corrected chi connectivity index (χ1v) is 8.12. The third-order valence-electron chi connectivity index (χ3n) is 3.38. The summed E-state index contributed by atoms with van der Waals surface area (Å²) in [5, 5.41) is 20.4. The number of carbonyl (C=O) groups is 1. The summed E-state index contributed by atoms with van der Waals surface area (Å²) in [4.78, 5) is 30.3. The summed E-state index contributed by atoms with van der Waals surface area (Å²) >= 11 is 10.1. The maximum absolute atomic E-state index is 12.3. The molecule has 25 heavy (non-hydrogen) atoms. The molecule has 0 atom stereocenters. The topological polar surface area (TPSA) is 120 Å². The number of halogens is 1. The van der Waals surface area contributed by atoms with Crippen molar-refractivity contribution in [3.8, 4) is 5.88 Å². The van der Waals surface area contributed by atoms with E-state index < -0.39 is 22.9 Å². The molecule has 128 valence electrons. The van der Waals surface area contributed by atoms with Gasteiger partial charge in [-0.25, -0.2) is 0 Å². The van der Waals surface area contributed by atoms with Crippen LogP contribution in [0, 0.1) is 0 Å². The average molecular weight is 378 g/mol. The molecule has 10 heteroatoms. The van der Waals surface area contributed by atoms with Crippen LogP contribution in [0.2, 0.25) is 5.02 Å². The molecule has 0 bridgehead atoms. The summed E-state index contributed by atoms with van der Waals surface area (Å²) in [7, 11) is 0. The smallest absolute Gasteiger partial charge is 0.267 e. The van der Waals surface area contributed by atoms with Gasteiger partial charge in [-0.15, -0.1) is 0 Å². The molecule has 1 amide bonds. The molecule has 0 fully saturated rings. The zero-order valence-electron chi connectivity index (χ0n) is 12.7. The summed E-state index contributed by atoms with van der Waals surface area (Å²) in [5.41, 5.74) is 0.462. The van der Waals surface area contributed by atoms with E-state index in [1.165, 1.54) is 0 Å². The van der Waals surface area contributed by atoms with Crippen molar-refractivity contribution in [2.24, 2.45) is 10.2 Å². The summed E-state index contributed by atoms with van der Waals surface area (Å²) < 4.78 is 0. The SMILES string of the molecule is O=C(Nc1ccc(C2=CCN=N2)cc1Cl)c1c(O)nc(CS)[nH]c1=O. The van der Waals surface area contributed by atoms with Crippen LogP contribution in [0.1, 0.15) is 21.7 Å². The Bertz CT molecular complexity index is 970. The number of amides is 1. The highest BCUT2D eigenvalue weighted by Crippen LogP contribution is 2.29. The van der Waals surface area contributed by atoms with E-state index in [-0.39, 0.29) is 22.3 Å². The van der Waals surface area contributed by atoms with E-state index in [0.29, 0.717) is 12.2 Å². The van der Waals surface area contributed by atoms with Crippen LogP contribution in [0.3, 0.4) is 0 Å². The number of aromatic amines is 1. The fourth-order valence-corrected chi connectivity index (χ4v) is 2.59. The molecule has 0 spiro atoms. The van der Waals surface area contributed by atoms with Crippen molar-refractivity contribution in [2.45, 2.75) is 5.75 Å². The van der Waals surface area contributed by atoms with Crippen LogP contribution in [0.15, 0.2) is 39.3 Å². The highest BCUT2D eigenvalue weighted by atomic mass is 35.5. The van der Waals surface area contributed by atoms with Crippen molar-refractivity contribution in [1.82, 2.24) is 9.97 Å². The Kier molecular flexibility index (Phi) is 4.86. The molecule has 8 nitrogen and oxygen atoms in total. The van der Waals surface area contributed by atoms with Crippen LogP contribution in [-0.2, 0) is 5.75 Å². The van der Waals surface area contributed by atoms with Crippen molar-refractivity contribution < 1.29 is 9.90 Å². The normalized spacial score (nSPS) is 13.0. The summed E-state index contributed by atoms with van der Waals surface area (Å²) in [6.45, 7) is 0.517. The summed E-state index contributed by atoms with van der Waals surface area (Å²) in [6.07, 6.45) is 1.84. The first-order chi connectivity index (χ1) is 12.0. The molecule has 0 saturated carbocycles. The fourth-order valence-electron chi connectivity index (χ4n) is 2.21. The fraction of sp³-hybridized carbons (Fsp3) is 0.133. The standard InChI is InChI=1S/C15H12ClN5O3S/c16-8-5-7(9-3-4-17-21-9)1-2-10(8)18-13(22)12-14(23)19-11(6-25)20-15(12)24/h1-3,5,25H,4,6H2,(H,18,22)(H2,19,20,23,24). The van der Waals surface area contributed by atoms with Crippen LogP contribution in [0.5, 0.6) is 5.88 Å². The Morgan fingerprint density at radius 3 is 2.84 bits per heavy atom. The number of azo groups is 1. The number of aromatic nitrogens is 2. The number of thiol groups is 1. The van der Waals surface area contributed by atoms with Gasteiger partial charge in [-0.05, 0) is 18.2 Å².